The largest absolute Gasteiger partial charge is 0.375 e. The normalized spacial score (nSPS) is 26.1. The Bertz CT molecular complexity index is 731. The minimum atomic E-state index is -0.0415. The van der Waals surface area contributed by atoms with Gasteiger partial charge in [0.2, 0.25) is 0 Å². The molecule has 3 fully saturated rings. The molecule has 1 aromatic carbocycles. The molecule has 0 atom stereocenters. The van der Waals surface area contributed by atoms with Crippen LogP contribution in [0.15, 0.2) is 24.3 Å². The number of nitrogens with zero attached hydrogens (tertiary/aromatic N) is 2. The van der Waals surface area contributed by atoms with E-state index in [1.54, 1.807) is 0 Å². The molecule has 4 heteroatoms. The molecular weight excluding hydrogens is 396 g/mol. The molecule has 0 radical (unpaired) electrons. The first-order chi connectivity index (χ1) is 15.0. The lowest BCUT2D eigenvalue weighted by atomic mass is 9.88. The van der Waals surface area contributed by atoms with Gasteiger partial charge in [0.1, 0.15) is 0 Å². The summed E-state index contributed by atoms with van der Waals surface area (Å²) >= 11 is 0. The number of anilines is 1. The average Bonchev–Trinajstić information content (AvgIpc) is 2.64. The van der Waals surface area contributed by atoms with Gasteiger partial charge in [-0.15, -0.1) is 0 Å². The van der Waals surface area contributed by atoms with E-state index in [4.69, 9.17) is 9.47 Å². The van der Waals surface area contributed by atoms with Gasteiger partial charge in [0.15, 0.2) is 0 Å². The SMILES string of the molecule is CC(C)(C)OC1CC(OC2CCN(c3cccc(CCC4CN(C(C)(C)C)C4)c3)CC2)C1. The van der Waals surface area contributed by atoms with Crippen LogP contribution in [0.4, 0.5) is 5.69 Å². The van der Waals surface area contributed by atoms with Crippen molar-refractivity contribution in [2.45, 2.75) is 110 Å². The second-order valence-electron chi connectivity index (χ2n) is 12.4. The summed E-state index contributed by atoms with van der Waals surface area (Å²) in [6, 6.07) is 9.28. The van der Waals surface area contributed by atoms with Crippen LogP contribution in [0, 0.1) is 5.92 Å². The molecule has 0 N–H and O–H groups in total. The molecule has 180 valence electrons. The number of hydrogen-bond acceptors (Lipinski definition) is 4. The number of ether oxygens (including phenoxy) is 2. The third kappa shape index (κ3) is 6.48. The van der Waals surface area contributed by atoms with E-state index in [2.05, 4.69) is 75.6 Å². The van der Waals surface area contributed by atoms with Crippen molar-refractivity contribution in [2.75, 3.05) is 31.1 Å². The average molecular weight is 443 g/mol. The highest BCUT2D eigenvalue weighted by Crippen LogP contribution is 2.33. The molecule has 2 aliphatic heterocycles. The quantitative estimate of drug-likeness (QED) is 0.542. The van der Waals surface area contributed by atoms with Crippen molar-refractivity contribution in [3.8, 4) is 0 Å². The monoisotopic (exact) mass is 442 g/mol. The maximum absolute atomic E-state index is 6.39. The third-order valence-electron chi connectivity index (χ3n) is 7.42. The standard InChI is InChI=1S/C28H46N2O2/c1-27(2,3)30-19-22(20-30)11-10-21-8-7-9-23(16-21)29-14-12-24(13-15-29)31-25-17-26(18-25)32-28(4,5)6/h7-9,16,22,24-26H,10-15,17-20H2,1-6H3. The number of rotatable bonds is 7. The van der Waals surface area contributed by atoms with Crippen LogP contribution >= 0.6 is 0 Å². The van der Waals surface area contributed by atoms with E-state index in [-0.39, 0.29) is 5.60 Å². The Hall–Kier alpha value is -1.10. The highest BCUT2D eigenvalue weighted by molar-refractivity contribution is 5.49. The molecular formula is C28H46N2O2. The summed E-state index contributed by atoms with van der Waals surface area (Å²) in [4.78, 5) is 5.15. The molecule has 0 spiro atoms. The maximum Gasteiger partial charge on any atom is 0.0631 e. The Morgan fingerprint density at radius 1 is 0.906 bits per heavy atom. The Balaban J connectivity index is 1.16. The number of piperidine rings is 1. The molecule has 2 heterocycles. The third-order valence-corrected chi connectivity index (χ3v) is 7.42. The molecule has 1 aliphatic carbocycles. The first-order valence-corrected chi connectivity index (χ1v) is 13.0. The predicted molar refractivity (Wildman–Crippen MR) is 134 cm³/mol. The van der Waals surface area contributed by atoms with E-state index < -0.39 is 0 Å². The van der Waals surface area contributed by atoms with E-state index in [1.165, 1.54) is 37.2 Å². The van der Waals surface area contributed by atoms with Crippen molar-refractivity contribution in [3.63, 3.8) is 0 Å². The Kier molecular flexibility index (Phi) is 7.24. The second-order valence-corrected chi connectivity index (χ2v) is 12.4. The second kappa shape index (κ2) is 9.64. The van der Waals surface area contributed by atoms with Crippen LogP contribution in [0.25, 0.3) is 0 Å². The van der Waals surface area contributed by atoms with Gasteiger partial charge in [-0.3, -0.25) is 4.90 Å². The Morgan fingerprint density at radius 2 is 1.59 bits per heavy atom. The van der Waals surface area contributed by atoms with Gasteiger partial charge in [0.05, 0.1) is 23.9 Å². The zero-order valence-corrected chi connectivity index (χ0v) is 21.4. The van der Waals surface area contributed by atoms with Gasteiger partial charge in [-0.1, -0.05) is 12.1 Å². The lowest BCUT2D eigenvalue weighted by Crippen LogP contribution is -2.55. The zero-order valence-electron chi connectivity index (χ0n) is 21.4. The van der Waals surface area contributed by atoms with Crippen LogP contribution in [-0.2, 0) is 15.9 Å². The topological polar surface area (TPSA) is 24.9 Å². The van der Waals surface area contributed by atoms with Crippen molar-refractivity contribution in [1.82, 2.24) is 4.90 Å². The molecule has 1 saturated carbocycles. The van der Waals surface area contributed by atoms with Crippen LogP contribution in [0.2, 0.25) is 0 Å². The molecule has 4 nitrogen and oxygen atoms in total. The number of hydrogen-bond donors (Lipinski definition) is 0. The summed E-state index contributed by atoms with van der Waals surface area (Å²) in [6.07, 6.45) is 8.12. The van der Waals surface area contributed by atoms with Gasteiger partial charge in [0, 0.05) is 37.4 Å². The highest BCUT2D eigenvalue weighted by Gasteiger charge is 2.36. The fourth-order valence-corrected chi connectivity index (χ4v) is 5.33. The Morgan fingerprint density at radius 3 is 2.22 bits per heavy atom. The van der Waals surface area contributed by atoms with Crippen molar-refractivity contribution in [3.05, 3.63) is 29.8 Å². The van der Waals surface area contributed by atoms with Crippen LogP contribution in [-0.4, -0.2) is 60.5 Å². The lowest BCUT2D eigenvalue weighted by molar-refractivity contribution is -0.164. The first kappa shape index (κ1) is 24.0. The number of likely N-dealkylation sites (tertiary alicyclic amines) is 1. The van der Waals surface area contributed by atoms with Crippen molar-refractivity contribution < 1.29 is 9.47 Å². The maximum atomic E-state index is 6.39. The molecule has 0 aromatic heterocycles. The summed E-state index contributed by atoms with van der Waals surface area (Å²) in [5, 5.41) is 0. The van der Waals surface area contributed by atoms with Crippen molar-refractivity contribution in [2.24, 2.45) is 5.92 Å². The lowest BCUT2D eigenvalue weighted by Gasteiger charge is -2.48. The minimum Gasteiger partial charge on any atom is -0.375 e. The first-order valence-electron chi connectivity index (χ1n) is 13.0. The number of aryl methyl sites for hydroxylation is 1. The van der Waals surface area contributed by atoms with E-state index in [0.29, 0.717) is 23.9 Å². The van der Waals surface area contributed by atoms with Gasteiger partial charge in [0.25, 0.3) is 0 Å². The molecule has 4 rings (SSSR count). The van der Waals surface area contributed by atoms with Crippen LogP contribution in [0.1, 0.15) is 79.2 Å². The summed E-state index contributed by atoms with van der Waals surface area (Å²) in [5.74, 6) is 0.866. The summed E-state index contributed by atoms with van der Waals surface area (Å²) in [5.41, 5.74) is 3.18. The van der Waals surface area contributed by atoms with E-state index in [1.807, 2.05) is 0 Å². The van der Waals surface area contributed by atoms with Gasteiger partial charge in [-0.25, -0.2) is 0 Å². The van der Waals surface area contributed by atoms with E-state index in [9.17, 15) is 0 Å². The van der Waals surface area contributed by atoms with Crippen LogP contribution in [0.3, 0.4) is 0 Å². The van der Waals surface area contributed by atoms with Gasteiger partial charge in [-0.05, 0) is 104 Å². The molecule has 0 unspecified atom stereocenters. The fourth-order valence-electron chi connectivity index (χ4n) is 5.33. The van der Waals surface area contributed by atoms with Gasteiger partial charge in [-0.2, -0.15) is 0 Å². The van der Waals surface area contributed by atoms with Gasteiger partial charge < -0.3 is 14.4 Å². The molecule has 3 aliphatic rings. The Labute approximate surface area is 196 Å². The van der Waals surface area contributed by atoms with E-state index >= 15 is 0 Å². The summed E-state index contributed by atoms with van der Waals surface area (Å²) in [7, 11) is 0. The molecule has 2 saturated heterocycles. The number of benzene rings is 1. The van der Waals surface area contributed by atoms with Crippen molar-refractivity contribution >= 4 is 5.69 Å². The molecule has 0 bridgehead atoms. The molecule has 0 amide bonds. The minimum absolute atomic E-state index is 0.0415. The summed E-state index contributed by atoms with van der Waals surface area (Å²) in [6.45, 7) is 18.1. The fraction of sp³-hybridized carbons (Fsp3) is 0.786. The van der Waals surface area contributed by atoms with E-state index in [0.717, 1.165) is 44.7 Å². The predicted octanol–water partition coefficient (Wildman–Crippen LogP) is 5.68. The van der Waals surface area contributed by atoms with Crippen LogP contribution < -0.4 is 4.90 Å². The smallest absolute Gasteiger partial charge is 0.0631 e. The zero-order chi connectivity index (χ0) is 22.9. The molecule has 1 aromatic rings. The summed E-state index contributed by atoms with van der Waals surface area (Å²) < 4.78 is 12.4. The molecule has 32 heavy (non-hydrogen) atoms. The van der Waals surface area contributed by atoms with Crippen molar-refractivity contribution in [1.29, 1.82) is 0 Å². The van der Waals surface area contributed by atoms with Gasteiger partial charge >= 0.3 is 0 Å². The highest BCUT2D eigenvalue weighted by atomic mass is 16.5. The van der Waals surface area contributed by atoms with Crippen LogP contribution in [0.5, 0.6) is 0 Å².